The van der Waals surface area contributed by atoms with Gasteiger partial charge in [-0.15, -0.1) is 0 Å². The van der Waals surface area contributed by atoms with Gasteiger partial charge in [-0.05, 0) is 117 Å². The lowest BCUT2D eigenvalue weighted by Gasteiger charge is -2.47. The maximum atomic E-state index is 13.4. The molecule has 2 aromatic rings. The fourth-order valence-electron chi connectivity index (χ4n) is 8.31. The highest BCUT2D eigenvalue weighted by Crippen LogP contribution is 2.48. The number of benzene rings is 2. The Balaban J connectivity index is 1.43. The molecular formula is C34H45ClN2O6S2. The molecule has 2 aliphatic carbocycles. The zero-order valence-corrected chi connectivity index (χ0v) is 28.8. The van der Waals surface area contributed by atoms with E-state index >= 15 is 0 Å². The molecule has 246 valence electrons. The average Bonchev–Trinajstić information content (AvgIpc) is 3.10. The van der Waals surface area contributed by atoms with E-state index < -0.39 is 31.0 Å². The minimum Gasteiger partial charge on any atom is -0.490 e. The molecular weight excluding hydrogens is 632 g/mol. The monoisotopic (exact) mass is 676 g/mol. The van der Waals surface area contributed by atoms with E-state index in [4.69, 9.17) is 16.3 Å². The van der Waals surface area contributed by atoms with E-state index in [9.17, 15) is 21.6 Å². The maximum Gasteiger partial charge on any atom is 0.264 e. The number of amides is 1. The van der Waals surface area contributed by atoms with Gasteiger partial charge in [0.2, 0.25) is 10.0 Å². The van der Waals surface area contributed by atoms with E-state index in [0.29, 0.717) is 37.8 Å². The number of carbonyl (C=O) groups excluding carboxylic acids is 1. The predicted molar refractivity (Wildman–Crippen MR) is 178 cm³/mol. The summed E-state index contributed by atoms with van der Waals surface area (Å²) in [5, 5.41) is -0.0586. The van der Waals surface area contributed by atoms with Crippen molar-refractivity contribution < 1.29 is 26.4 Å². The van der Waals surface area contributed by atoms with Gasteiger partial charge in [-0.25, -0.2) is 21.6 Å². The molecule has 0 saturated heterocycles. The molecule has 1 N–H and O–H groups in total. The third-order valence-electron chi connectivity index (χ3n) is 11.1. The summed E-state index contributed by atoms with van der Waals surface area (Å²) in [5.74, 6) is 0.556. The molecule has 6 atom stereocenters. The van der Waals surface area contributed by atoms with Crippen LogP contribution < -0.4 is 14.4 Å². The van der Waals surface area contributed by atoms with E-state index in [1.165, 1.54) is 17.4 Å². The molecule has 6 rings (SSSR count). The van der Waals surface area contributed by atoms with E-state index in [1.54, 1.807) is 25.1 Å². The number of anilines is 1. The van der Waals surface area contributed by atoms with Crippen LogP contribution >= 0.6 is 11.6 Å². The van der Waals surface area contributed by atoms with Crippen LogP contribution in [0.5, 0.6) is 5.75 Å². The van der Waals surface area contributed by atoms with Crippen molar-refractivity contribution >= 4 is 43.1 Å². The smallest absolute Gasteiger partial charge is 0.264 e. The number of aryl methyl sites for hydroxylation is 1. The highest BCUT2D eigenvalue weighted by atomic mass is 35.5. The number of halogens is 1. The van der Waals surface area contributed by atoms with Crippen molar-refractivity contribution in [3.05, 3.63) is 58.1 Å². The molecule has 0 unspecified atom stereocenters. The summed E-state index contributed by atoms with van der Waals surface area (Å²) in [7, 11) is -7.13. The van der Waals surface area contributed by atoms with Crippen LogP contribution in [0, 0.1) is 23.7 Å². The molecule has 2 bridgehead atoms. The lowest BCUT2D eigenvalue weighted by Crippen LogP contribution is -2.49. The third-order valence-corrected chi connectivity index (χ3v) is 14.3. The van der Waals surface area contributed by atoms with Gasteiger partial charge in [0.05, 0.1) is 23.3 Å². The second-order valence-electron chi connectivity index (χ2n) is 14.2. The number of hydrogen-bond acceptors (Lipinski definition) is 7. The fourth-order valence-corrected chi connectivity index (χ4v) is 11.0. The minimum atomic E-state index is -3.94. The van der Waals surface area contributed by atoms with Crippen LogP contribution in [-0.4, -0.2) is 59.7 Å². The van der Waals surface area contributed by atoms with Crippen LogP contribution in [0.2, 0.25) is 5.02 Å². The van der Waals surface area contributed by atoms with E-state index in [2.05, 4.69) is 21.8 Å². The van der Waals surface area contributed by atoms with Crippen LogP contribution in [-0.2, 0) is 31.7 Å². The van der Waals surface area contributed by atoms with Crippen molar-refractivity contribution in [3.8, 4) is 5.75 Å². The standard InChI is InChI=1S/C34H45ClN2O6S2/c1-22-6-4-7-27(19-44(3,39)40)29-12-9-26(29)18-37-20-34(15-5-8-24-16-28(35)11-13-30(24)34)21-43-32-14-10-25(17-31(32)37)33(38)36-45(41,42)23(22)2/h10-11,13-14,16-17,22-23,26-27,29H,4-9,12,15,18-21H2,1-3H3,(H,36,38)/t22-,23+,26-,27-,29+,34-/m0/s1. The quantitative estimate of drug-likeness (QED) is 0.430. The van der Waals surface area contributed by atoms with Gasteiger partial charge in [-0.3, -0.25) is 4.79 Å². The van der Waals surface area contributed by atoms with Gasteiger partial charge < -0.3 is 9.64 Å². The van der Waals surface area contributed by atoms with E-state index in [-0.39, 0.29) is 34.5 Å². The van der Waals surface area contributed by atoms with Crippen molar-refractivity contribution in [2.45, 2.75) is 75.9 Å². The van der Waals surface area contributed by atoms with Crippen LogP contribution in [0.1, 0.15) is 80.3 Å². The van der Waals surface area contributed by atoms with Gasteiger partial charge >= 0.3 is 0 Å². The lowest BCUT2D eigenvalue weighted by atomic mass is 9.65. The SMILES string of the molecule is C[C@@H]1[C@@H](C)CCC[C@@H](CS(C)(=O)=O)[C@@H]2CC[C@H]2CN2C[C@@]3(CCCc4cc(Cl)ccc43)COc3ccc(cc32)C(=O)NS1(=O)=O. The first-order valence-electron chi connectivity index (χ1n) is 16.3. The van der Waals surface area contributed by atoms with Crippen molar-refractivity contribution in [2.24, 2.45) is 23.7 Å². The molecule has 2 aliphatic heterocycles. The Hall–Kier alpha value is -2.30. The minimum absolute atomic E-state index is 0.0195. The number of fused-ring (bicyclic) bond motifs is 4. The van der Waals surface area contributed by atoms with Crippen LogP contribution in [0.4, 0.5) is 5.69 Å². The molecule has 2 heterocycles. The summed E-state index contributed by atoms with van der Waals surface area (Å²) < 4.78 is 60.7. The first kappa shape index (κ1) is 32.6. The van der Waals surface area contributed by atoms with Crippen molar-refractivity contribution in [1.29, 1.82) is 0 Å². The Bertz CT molecular complexity index is 1680. The van der Waals surface area contributed by atoms with Crippen molar-refractivity contribution in [1.82, 2.24) is 4.72 Å². The number of nitrogens with zero attached hydrogens (tertiary/aromatic N) is 1. The van der Waals surface area contributed by atoms with E-state index in [0.717, 1.165) is 55.7 Å². The number of carbonyl (C=O) groups is 1. The second kappa shape index (κ2) is 12.4. The Kier molecular flexibility index (Phi) is 8.98. The number of ether oxygens (including phenoxy) is 1. The van der Waals surface area contributed by atoms with Gasteiger partial charge in [0, 0.05) is 35.3 Å². The van der Waals surface area contributed by atoms with Gasteiger partial charge in [0.25, 0.3) is 5.91 Å². The molecule has 8 nitrogen and oxygen atoms in total. The Labute approximate surface area is 273 Å². The summed E-state index contributed by atoms with van der Waals surface area (Å²) in [4.78, 5) is 15.8. The molecule has 0 radical (unpaired) electrons. The summed E-state index contributed by atoms with van der Waals surface area (Å²) in [6, 6.07) is 11.3. The third kappa shape index (κ3) is 6.75. The lowest BCUT2D eigenvalue weighted by molar-refractivity contribution is 0.0980. The largest absolute Gasteiger partial charge is 0.490 e. The predicted octanol–water partition coefficient (Wildman–Crippen LogP) is 5.77. The molecule has 1 fully saturated rings. The molecule has 2 aromatic carbocycles. The number of hydrogen-bond donors (Lipinski definition) is 1. The number of rotatable bonds is 2. The van der Waals surface area contributed by atoms with Gasteiger partial charge in [-0.2, -0.15) is 0 Å². The summed E-state index contributed by atoms with van der Waals surface area (Å²) in [5.41, 5.74) is 3.23. The fraction of sp³-hybridized carbons (Fsp3) is 0.618. The molecule has 1 saturated carbocycles. The molecule has 4 aliphatic rings. The summed E-state index contributed by atoms with van der Waals surface area (Å²) >= 11 is 6.41. The van der Waals surface area contributed by atoms with Crippen LogP contribution in [0.25, 0.3) is 0 Å². The van der Waals surface area contributed by atoms with Gasteiger partial charge in [0.1, 0.15) is 15.6 Å². The Morgan fingerprint density at radius 3 is 2.60 bits per heavy atom. The maximum absolute atomic E-state index is 13.4. The van der Waals surface area contributed by atoms with Crippen LogP contribution in [0.15, 0.2) is 36.4 Å². The number of sulfonamides is 1. The van der Waals surface area contributed by atoms with Crippen molar-refractivity contribution in [2.75, 3.05) is 36.6 Å². The van der Waals surface area contributed by atoms with Gasteiger partial charge in [0.15, 0.2) is 0 Å². The first-order chi connectivity index (χ1) is 21.2. The summed E-state index contributed by atoms with van der Waals surface area (Å²) in [6.07, 6.45) is 8.34. The topological polar surface area (TPSA) is 110 Å². The van der Waals surface area contributed by atoms with Gasteiger partial charge in [-0.1, -0.05) is 31.0 Å². The molecule has 45 heavy (non-hydrogen) atoms. The number of sulfone groups is 1. The molecule has 1 amide bonds. The summed E-state index contributed by atoms with van der Waals surface area (Å²) in [6.45, 7) is 5.39. The number of nitrogens with one attached hydrogen (secondary N) is 1. The molecule has 11 heteroatoms. The Morgan fingerprint density at radius 2 is 1.87 bits per heavy atom. The average molecular weight is 677 g/mol. The molecule has 1 spiro atoms. The van der Waals surface area contributed by atoms with Crippen LogP contribution in [0.3, 0.4) is 0 Å². The molecule has 0 aromatic heterocycles. The highest BCUT2D eigenvalue weighted by molar-refractivity contribution is 7.90. The highest BCUT2D eigenvalue weighted by Gasteiger charge is 2.45. The van der Waals surface area contributed by atoms with E-state index in [1.807, 2.05) is 13.0 Å². The van der Waals surface area contributed by atoms with Crippen molar-refractivity contribution in [3.63, 3.8) is 0 Å². The zero-order chi connectivity index (χ0) is 32.1. The Morgan fingerprint density at radius 1 is 1.07 bits per heavy atom. The second-order valence-corrected chi connectivity index (χ2v) is 18.9. The normalized spacial score (nSPS) is 31.9. The first-order valence-corrected chi connectivity index (χ1v) is 20.3. The zero-order valence-electron chi connectivity index (χ0n) is 26.4.